The summed E-state index contributed by atoms with van der Waals surface area (Å²) >= 11 is 0. The van der Waals surface area contributed by atoms with Crippen molar-refractivity contribution in [3.05, 3.63) is 0 Å². The Morgan fingerprint density at radius 3 is 2.18 bits per heavy atom. The van der Waals surface area contributed by atoms with Crippen molar-refractivity contribution in [2.75, 3.05) is 6.61 Å². The van der Waals surface area contributed by atoms with Crippen molar-refractivity contribution < 1.29 is 9.84 Å². The molecule has 0 aliphatic carbocycles. The van der Waals surface area contributed by atoms with Crippen LogP contribution in [0.3, 0.4) is 0 Å². The lowest BCUT2D eigenvalue weighted by Crippen LogP contribution is -2.27. The molecule has 0 fully saturated rings. The molecule has 1 N–H and O–H groups in total. The van der Waals surface area contributed by atoms with Gasteiger partial charge in [-0.25, -0.2) is 0 Å². The second-order valence-corrected chi connectivity index (χ2v) is 3.50. The highest BCUT2D eigenvalue weighted by atomic mass is 16.5. The molecule has 0 spiro atoms. The van der Waals surface area contributed by atoms with E-state index in [-0.39, 0.29) is 6.10 Å². The molecule has 0 aromatic rings. The molecule has 68 valence electrons. The first-order valence-corrected chi connectivity index (χ1v) is 4.33. The van der Waals surface area contributed by atoms with Crippen molar-refractivity contribution in [2.45, 2.75) is 52.2 Å². The standard InChI is InChI=1S/C9H20O2/c1-5-8(11-6-2)7-9(3,4)10/h8,10H,5-7H2,1-4H3. The summed E-state index contributed by atoms with van der Waals surface area (Å²) in [7, 11) is 0. The van der Waals surface area contributed by atoms with Crippen molar-refractivity contribution in [3.63, 3.8) is 0 Å². The molecule has 1 atom stereocenters. The molecular weight excluding hydrogens is 140 g/mol. The van der Waals surface area contributed by atoms with Gasteiger partial charge >= 0.3 is 0 Å². The Kier molecular flexibility index (Phi) is 4.69. The van der Waals surface area contributed by atoms with Gasteiger partial charge in [0.15, 0.2) is 0 Å². The molecule has 11 heavy (non-hydrogen) atoms. The summed E-state index contributed by atoms with van der Waals surface area (Å²) in [5, 5.41) is 9.47. The molecule has 0 aliphatic rings. The van der Waals surface area contributed by atoms with Gasteiger partial charge in [0.25, 0.3) is 0 Å². The zero-order valence-electron chi connectivity index (χ0n) is 8.05. The summed E-state index contributed by atoms with van der Waals surface area (Å²) in [5.41, 5.74) is -0.601. The van der Waals surface area contributed by atoms with Crippen LogP contribution < -0.4 is 0 Å². The van der Waals surface area contributed by atoms with Gasteiger partial charge in [-0.1, -0.05) is 6.92 Å². The highest BCUT2D eigenvalue weighted by Gasteiger charge is 2.18. The van der Waals surface area contributed by atoms with Crippen LogP contribution in [0.2, 0.25) is 0 Å². The fourth-order valence-electron chi connectivity index (χ4n) is 1.11. The van der Waals surface area contributed by atoms with E-state index >= 15 is 0 Å². The van der Waals surface area contributed by atoms with Crippen molar-refractivity contribution in [1.82, 2.24) is 0 Å². The zero-order chi connectivity index (χ0) is 8.91. The Morgan fingerprint density at radius 2 is 1.91 bits per heavy atom. The molecule has 0 saturated carbocycles. The monoisotopic (exact) mass is 160 g/mol. The molecule has 0 radical (unpaired) electrons. The highest BCUT2D eigenvalue weighted by Crippen LogP contribution is 2.15. The number of ether oxygens (including phenoxy) is 1. The van der Waals surface area contributed by atoms with Crippen LogP contribution in [0.5, 0.6) is 0 Å². The third kappa shape index (κ3) is 6.32. The van der Waals surface area contributed by atoms with Gasteiger partial charge in [0.1, 0.15) is 0 Å². The van der Waals surface area contributed by atoms with Crippen LogP contribution in [-0.4, -0.2) is 23.4 Å². The average molecular weight is 160 g/mol. The Bertz CT molecular complexity index is 94.2. The van der Waals surface area contributed by atoms with Gasteiger partial charge in [-0.2, -0.15) is 0 Å². The van der Waals surface area contributed by atoms with E-state index < -0.39 is 5.60 Å². The summed E-state index contributed by atoms with van der Waals surface area (Å²) in [6.07, 6.45) is 1.90. The first kappa shape index (κ1) is 10.9. The zero-order valence-corrected chi connectivity index (χ0v) is 8.05. The van der Waals surface area contributed by atoms with E-state index in [1.165, 1.54) is 0 Å². The van der Waals surface area contributed by atoms with Gasteiger partial charge in [-0.15, -0.1) is 0 Å². The van der Waals surface area contributed by atoms with Crippen molar-refractivity contribution in [3.8, 4) is 0 Å². The third-order valence-electron chi connectivity index (χ3n) is 1.58. The first-order valence-electron chi connectivity index (χ1n) is 4.33. The number of hydrogen-bond donors (Lipinski definition) is 1. The molecule has 0 bridgehead atoms. The van der Waals surface area contributed by atoms with Gasteiger partial charge in [0.05, 0.1) is 11.7 Å². The second-order valence-electron chi connectivity index (χ2n) is 3.50. The lowest BCUT2D eigenvalue weighted by Gasteiger charge is -2.23. The lowest BCUT2D eigenvalue weighted by molar-refractivity contribution is -0.0177. The van der Waals surface area contributed by atoms with Gasteiger partial charge in [-0.3, -0.25) is 0 Å². The van der Waals surface area contributed by atoms with Crippen LogP contribution in [0.4, 0.5) is 0 Å². The van der Waals surface area contributed by atoms with Crippen LogP contribution in [-0.2, 0) is 4.74 Å². The summed E-state index contributed by atoms with van der Waals surface area (Å²) in [4.78, 5) is 0. The molecule has 2 nitrogen and oxygen atoms in total. The van der Waals surface area contributed by atoms with Crippen molar-refractivity contribution >= 4 is 0 Å². The van der Waals surface area contributed by atoms with E-state index in [9.17, 15) is 5.11 Å². The Balaban J connectivity index is 3.68. The largest absolute Gasteiger partial charge is 0.390 e. The number of hydrogen-bond acceptors (Lipinski definition) is 2. The smallest absolute Gasteiger partial charge is 0.0616 e. The van der Waals surface area contributed by atoms with Gasteiger partial charge in [-0.05, 0) is 27.2 Å². The van der Waals surface area contributed by atoms with Crippen LogP contribution in [0.15, 0.2) is 0 Å². The van der Waals surface area contributed by atoms with E-state index in [0.29, 0.717) is 0 Å². The van der Waals surface area contributed by atoms with Crippen LogP contribution in [0.1, 0.15) is 40.5 Å². The minimum absolute atomic E-state index is 0.208. The van der Waals surface area contributed by atoms with Crippen LogP contribution >= 0.6 is 0 Å². The number of rotatable bonds is 5. The lowest BCUT2D eigenvalue weighted by atomic mass is 10.00. The fourth-order valence-corrected chi connectivity index (χ4v) is 1.11. The Hall–Kier alpha value is -0.0800. The fraction of sp³-hybridized carbons (Fsp3) is 1.00. The third-order valence-corrected chi connectivity index (χ3v) is 1.58. The molecule has 0 amide bonds. The molecule has 0 aromatic heterocycles. The van der Waals surface area contributed by atoms with E-state index in [1.54, 1.807) is 0 Å². The summed E-state index contributed by atoms with van der Waals surface area (Å²) in [5.74, 6) is 0. The molecule has 2 heteroatoms. The SMILES string of the molecule is CCOC(CC)CC(C)(C)O. The van der Waals surface area contributed by atoms with Crippen LogP contribution in [0, 0.1) is 0 Å². The van der Waals surface area contributed by atoms with E-state index in [2.05, 4.69) is 6.92 Å². The minimum atomic E-state index is -0.601. The molecule has 0 saturated heterocycles. The molecule has 1 unspecified atom stereocenters. The van der Waals surface area contributed by atoms with E-state index in [0.717, 1.165) is 19.4 Å². The second kappa shape index (κ2) is 4.73. The Labute approximate surface area is 69.6 Å². The summed E-state index contributed by atoms with van der Waals surface area (Å²) in [6.45, 7) is 8.41. The average Bonchev–Trinajstić information content (AvgIpc) is 1.84. The van der Waals surface area contributed by atoms with Gasteiger partial charge < -0.3 is 9.84 Å². The Morgan fingerprint density at radius 1 is 1.36 bits per heavy atom. The summed E-state index contributed by atoms with van der Waals surface area (Å²) in [6, 6.07) is 0. The highest BCUT2D eigenvalue weighted by molar-refractivity contribution is 4.70. The van der Waals surface area contributed by atoms with Crippen molar-refractivity contribution in [1.29, 1.82) is 0 Å². The maximum Gasteiger partial charge on any atom is 0.0616 e. The predicted octanol–water partition coefficient (Wildman–Crippen LogP) is 1.96. The van der Waals surface area contributed by atoms with Crippen LogP contribution in [0.25, 0.3) is 0 Å². The molecule has 0 aromatic carbocycles. The van der Waals surface area contributed by atoms with Gasteiger partial charge in [0, 0.05) is 13.0 Å². The molecule has 0 rings (SSSR count). The first-order chi connectivity index (χ1) is 4.99. The van der Waals surface area contributed by atoms with Gasteiger partial charge in [0.2, 0.25) is 0 Å². The maximum absolute atomic E-state index is 9.47. The predicted molar refractivity (Wildman–Crippen MR) is 46.6 cm³/mol. The topological polar surface area (TPSA) is 29.5 Å². The molecular formula is C9H20O2. The maximum atomic E-state index is 9.47. The van der Waals surface area contributed by atoms with E-state index in [1.807, 2.05) is 20.8 Å². The molecule has 0 aliphatic heterocycles. The molecule has 0 heterocycles. The minimum Gasteiger partial charge on any atom is -0.390 e. The quantitative estimate of drug-likeness (QED) is 0.666. The normalized spacial score (nSPS) is 15.0. The number of aliphatic hydroxyl groups is 1. The van der Waals surface area contributed by atoms with Crippen molar-refractivity contribution in [2.24, 2.45) is 0 Å². The summed E-state index contributed by atoms with van der Waals surface area (Å²) < 4.78 is 5.41. The van der Waals surface area contributed by atoms with E-state index in [4.69, 9.17) is 4.74 Å².